The van der Waals surface area contributed by atoms with Crippen molar-refractivity contribution in [1.82, 2.24) is 9.78 Å². The standard InChI is InChI=1S/C12H12N2O4/c15-10-4-2-9(3-5-10)14-12(18)8(7-13-14)1-6-11(16)17/h2-5,7,13,15H,1,6H2,(H,16,17). The molecule has 2 aromatic rings. The molecular weight excluding hydrogens is 236 g/mol. The molecule has 0 fully saturated rings. The number of aromatic amines is 1. The van der Waals surface area contributed by atoms with Crippen LogP contribution in [0.25, 0.3) is 5.69 Å². The SMILES string of the molecule is O=C(O)CCc1c[nH]n(-c2ccc(O)cc2)c1=O. The van der Waals surface area contributed by atoms with Gasteiger partial charge in [-0.05, 0) is 30.7 Å². The van der Waals surface area contributed by atoms with E-state index < -0.39 is 5.97 Å². The molecule has 0 bridgehead atoms. The van der Waals surface area contributed by atoms with Gasteiger partial charge in [-0.1, -0.05) is 0 Å². The molecule has 0 spiro atoms. The highest BCUT2D eigenvalue weighted by atomic mass is 16.4. The number of rotatable bonds is 4. The van der Waals surface area contributed by atoms with E-state index in [4.69, 9.17) is 10.2 Å². The molecule has 0 radical (unpaired) electrons. The number of phenols is 1. The average Bonchev–Trinajstić information content (AvgIpc) is 2.69. The second-order valence-corrected chi connectivity index (χ2v) is 3.85. The molecule has 18 heavy (non-hydrogen) atoms. The molecule has 0 aliphatic carbocycles. The Bertz CT molecular complexity index is 610. The molecule has 6 nitrogen and oxygen atoms in total. The van der Waals surface area contributed by atoms with Crippen LogP contribution in [0, 0.1) is 0 Å². The summed E-state index contributed by atoms with van der Waals surface area (Å²) in [7, 11) is 0. The summed E-state index contributed by atoms with van der Waals surface area (Å²) in [6, 6.07) is 6.13. The van der Waals surface area contributed by atoms with Crippen LogP contribution in [0.2, 0.25) is 0 Å². The highest BCUT2D eigenvalue weighted by molar-refractivity contribution is 5.67. The lowest BCUT2D eigenvalue weighted by Crippen LogP contribution is -2.17. The third-order valence-electron chi connectivity index (χ3n) is 2.56. The Hall–Kier alpha value is -2.50. The van der Waals surface area contributed by atoms with Gasteiger partial charge in [0, 0.05) is 18.2 Å². The fourth-order valence-electron chi connectivity index (χ4n) is 1.62. The second-order valence-electron chi connectivity index (χ2n) is 3.85. The maximum absolute atomic E-state index is 11.9. The van der Waals surface area contributed by atoms with Crippen LogP contribution in [0.15, 0.2) is 35.3 Å². The minimum absolute atomic E-state index is 0.0807. The van der Waals surface area contributed by atoms with E-state index in [1.54, 1.807) is 12.1 Å². The van der Waals surface area contributed by atoms with Crippen molar-refractivity contribution < 1.29 is 15.0 Å². The molecule has 3 N–H and O–H groups in total. The zero-order valence-corrected chi connectivity index (χ0v) is 9.46. The molecule has 0 aliphatic rings. The van der Waals surface area contributed by atoms with Crippen molar-refractivity contribution in [2.75, 3.05) is 0 Å². The Morgan fingerprint density at radius 2 is 1.94 bits per heavy atom. The lowest BCUT2D eigenvalue weighted by molar-refractivity contribution is -0.136. The molecule has 1 aromatic heterocycles. The molecule has 0 aliphatic heterocycles. The third-order valence-corrected chi connectivity index (χ3v) is 2.56. The molecule has 0 saturated carbocycles. The number of nitrogens with one attached hydrogen (secondary N) is 1. The average molecular weight is 248 g/mol. The van der Waals surface area contributed by atoms with E-state index in [1.807, 2.05) is 0 Å². The van der Waals surface area contributed by atoms with E-state index in [-0.39, 0.29) is 24.2 Å². The smallest absolute Gasteiger partial charge is 0.303 e. The number of nitrogens with zero attached hydrogens (tertiary/aromatic N) is 1. The summed E-state index contributed by atoms with van der Waals surface area (Å²) in [4.78, 5) is 22.4. The first-order valence-electron chi connectivity index (χ1n) is 5.38. The van der Waals surface area contributed by atoms with Crippen LogP contribution in [-0.2, 0) is 11.2 Å². The predicted molar refractivity (Wildman–Crippen MR) is 64.0 cm³/mol. The summed E-state index contributed by atoms with van der Waals surface area (Å²) in [5.41, 5.74) is 0.729. The highest BCUT2D eigenvalue weighted by Gasteiger charge is 2.09. The van der Waals surface area contributed by atoms with Crippen molar-refractivity contribution in [2.45, 2.75) is 12.8 Å². The van der Waals surface area contributed by atoms with E-state index in [0.717, 1.165) is 0 Å². The number of benzene rings is 1. The maximum Gasteiger partial charge on any atom is 0.303 e. The molecular formula is C12H12N2O4. The van der Waals surface area contributed by atoms with Gasteiger partial charge in [0.1, 0.15) is 5.75 Å². The zero-order chi connectivity index (χ0) is 13.1. The van der Waals surface area contributed by atoms with Crippen LogP contribution < -0.4 is 5.56 Å². The summed E-state index contributed by atoms with van der Waals surface area (Å²) in [5, 5.41) is 20.5. The Morgan fingerprint density at radius 1 is 1.28 bits per heavy atom. The van der Waals surface area contributed by atoms with Gasteiger partial charge < -0.3 is 10.2 Å². The number of carbonyl (C=O) groups is 1. The van der Waals surface area contributed by atoms with Crippen LogP contribution in [0.3, 0.4) is 0 Å². The third kappa shape index (κ3) is 2.42. The van der Waals surface area contributed by atoms with Crippen molar-refractivity contribution in [3.05, 3.63) is 46.4 Å². The van der Waals surface area contributed by atoms with E-state index in [2.05, 4.69) is 5.10 Å². The fraction of sp³-hybridized carbons (Fsp3) is 0.167. The number of hydrogen-bond acceptors (Lipinski definition) is 3. The summed E-state index contributed by atoms with van der Waals surface area (Å²) in [5.74, 6) is -0.823. The van der Waals surface area contributed by atoms with Gasteiger partial charge in [0.2, 0.25) is 0 Å². The van der Waals surface area contributed by atoms with Gasteiger partial charge in [0.25, 0.3) is 5.56 Å². The molecule has 6 heteroatoms. The first-order chi connectivity index (χ1) is 8.58. The number of carboxylic acids is 1. The number of aromatic nitrogens is 2. The molecule has 94 valence electrons. The Kier molecular flexibility index (Phi) is 3.18. The monoisotopic (exact) mass is 248 g/mol. The van der Waals surface area contributed by atoms with Gasteiger partial charge in [0.05, 0.1) is 5.69 Å². The van der Waals surface area contributed by atoms with E-state index in [1.165, 1.54) is 23.0 Å². The summed E-state index contributed by atoms with van der Waals surface area (Å²) in [6.45, 7) is 0. The van der Waals surface area contributed by atoms with Gasteiger partial charge >= 0.3 is 5.97 Å². The number of aryl methyl sites for hydroxylation is 1. The molecule has 1 aromatic carbocycles. The first kappa shape index (κ1) is 12.0. The normalized spacial score (nSPS) is 10.4. The van der Waals surface area contributed by atoms with Crippen molar-refractivity contribution in [3.8, 4) is 11.4 Å². The molecule has 0 unspecified atom stereocenters. The van der Waals surface area contributed by atoms with Crippen LogP contribution in [0.1, 0.15) is 12.0 Å². The van der Waals surface area contributed by atoms with E-state index >= 15 is 0 Å². The van der Waals surface area contributed by atoms with Gasteiger partial charge in [0.15, 0.2) is 0 Å². The Morgan fingerprint density at radius 3 is 2.56 bits per heavy atom. The van der Waals surface area contributed by atoms with Crippen molar-refractivity contribution in [3.63, 3.8) is 0 Å². The maximum atomic E-state index is 11.9. The topological polar surface area (TPSA) is 95.3 Å². The van der Waals surface area contributed by atoms with Gasteiger partial charge in [-0.15, -0.1) is 0 Å². The molecule has 0 saturated heterocycles. The quantitative estimate of drug-likeness (QED) is 0.748. The lowest BCUT2D eigenvalue weighted by Gasteiger charge is -2.00. The summed E-state index contributed by atoms with van der Waals surface area (Å²) < 4.78 is 1.30. The number of phenolic OH excluding ortho intramolecular Hbond substituents is 1. The summed E-state index contributed by atoms with van der Waals surface area (Å²) >= 11 is 0. The minimum atomic E-state index is -0.938. The number of hydrogen-bond donors (Lipinski definition) is 3. The molecule has 1 heterocycles. The number of carboxylic acid groups (broad SMARTS) is 1. The second kappa shape index (κ2) is 4.79. The number of aliphatic carboxylic acids is 1. The van der Waals surface area contributed by atoms with Gasteiger partial charge in [-0.25, -0.2) is 4.68 Å². The van der Waals surface area contributed by atoms with Crippen LogP contribution in [-0.4, -0.2) is 26.0 Å². The van der Waals surface area contributed by atoms with Crippen LogP contribution in [0.4, 0.5) is 0 Å². The van der Waals surface area contributed by atoms with Crippen molar-refractivity contribution >= 4 is 5.97 Å². The fourth-order valence-corrected chi connectivity index (χ4v) is 1.62. The molecule has 0 amide bonds. The zero-order valence-electron chi connectivity index (χ0n) is 9.46. The van der Waals surface area contributed by atoms with Crippen molar-refractivity contribution in [1.29, 1.82) is 0 Å². The van der Waals surface area contributed by atoms with Gasteiger partial charge in [-0.2, -0.15) is 0 Å². The van der Waals surface area contributed by atoms with Gasteiger partial charge in [-0.3, -0.25) is 14.7 Å². The minimum Gasteiger partial charge on any atom is -0.508 e. The Balaban J connectivity index is 2.28. The Labute approximate surface area is 102 Å². The molecule has 2 rings (SSSR count). The van der Waals surface area contributed by atoms with Crippen LogP contribution >= 0.6 is 0 Å². The van der Waals surface area contributed by atoms with Crippen LogP contribution in [0.5, 0.6) is 5.75 Å². The number of H-pyrrole nitrogens is 1. The van der Waals surface area contributed by atoms with E-state index in [9.17, 15) is 9.59 Å². The van der Waals surface area contributed by atoms with Crippen molar-refractivity contribution in [2.24, 2.45) is 0 Å². The van der Waals surface area contributed by atoms with E-state index in [0.29, 0.717) is 11.3 Å². The summed E-state index contributed by atoms with van der Waals surface area (Å²) in [6.07, 6.45) is 1.61. The highest BCUT2D eigenvalue weighted by Crippen LogP contribution is 2.11. The predicted octanol–water partition coefficient (Wildman–Crippen LogP) is 0.888. The number of aromatic hydroxyl groups is 1. The largest absolute Gasteiger partial charge is 0.508 e. The first-order valence-corrected chi connectivity index (χ1v) is 5.38. The lowest BCUT2D eigenvalue weighted by atomic mass is 10.2. The molecule has 0 atom stereocenters.